The van der Waals surface area contributed by atoms with Gasteiger partial charge in [-0.2, -0.15) is 0 Å². The van der Waals surface area contributed by atoms with Gasteiger partial charge in [-0.3, -0.25) is 0 Å². The highest BCUT2D eigenvalue weighted by Crippen LogP contribution is 2.25. The highest BCUT2D eigenvalue weighted by atomic mass is 35.5. The molecule has 0 atom stereocenters. The number of hydrogen-bond acceptors (Lipinski definition) is 4. The molecule has 0 aliphatic rings. The van der Waals surface area contributed by atoms with E-state index in [1.54, 1.807) is 0 Å². The molecule has 2 rings (SSSR count). The van der Waals surface area contributed by atoms with Gasteiger partial charge < -0.3 is 16.2 Å². The Labute approximate surface area is 112 Å². The van der Waals surface area contributed by atoms with Crippen LogP contribution in [0.2, 0.25) is 5.02 Å². The average molecular weight is 282 g/mol. The summed E-state index contributed by atoms with van der Waals surface area (Å²) in [5, 5.41) is 11.8. The molecule has 98 valence electrons. The van der Waals surface area contributed by atoms with Gasteiger partial charge in [-0.25, -0.2) is 14.2 Å². The molecule has 0 amide bonds. The number of nitrogens with zero attached hydrogens (tertiary/aromatic N) is 1. The highest BCUT2D eigenvalue weighted by molar-refractivity contribution is 6.30. The first-order valence-corrected chi connectivity index (χ1v) is 5.57. The minimum Gasteiger partial charge on any atom is -0.477 e. The second-order valence-electron chi connectivity index (χ2n) is 3.69. The van der Waals surface area contributed by atoms with E-state index in [1.807, 2.05) is 0 Å². The summed E-state index contributed by atoms with van der Waals surface area (Å²) in [5.74, 6) is -1.69. The quantitative estimate of drug-likeness (QED) is 0.805. The van der Waals surface area contributed by atoms with Gasteiger partial charge in [0, 0.05) is 5.02 Å². The molecule has 19 heavy (non-hydrogen) atoms. The van der Waals surface area contributed by atoms with Crippen molar-refractivity contribution in [3.05, 3.63) is 46.9 Å². The third kappa shape index (κ3) is 2.92. The number of carboxylic acids is 1. The van der Waals surface area contributed by atoms with E-state index < -0.39 is 11.8 Å². The van der Waals surface area contributed by atoms with Gasteiger partial charge in [0.05, 0.1) is 11.4 Å². The largest absolute Gasteiger partial charge is 0.477 e. The summed E-state index contributed by atoms with van der Waals surface area (Å²) in [4.78, 5) is 14.6. The molecule has 1 aromatic carbocycles. The van der Waals surface area contributed by atoms with Crippen molar-refractivity contribution in [1.29, 1.82) is 0 Å². The van der Waals surface area contributed by atoms with Crippen molar-refractivity contribution in [2.75, 3.05) is 11.1 Å². The normalized spacial score (nSPS) is 10.2. The van der Waals surface area contributed by atoms with E-state index in [-0.39, 0.29) is 22.9 Å². The van der Waals surface area contributed by atoms with Gasteiger partial charge in [0.2, 0.25) is 0 Å². The van der Waals surface area contributed by atoms with E-state index in [0.29, 0.717) is 5.02 Å². The first-order valence-electron chi connectivity index (χ1n) is 5.19. The Balaban J connectivity index is 2.40. The summed E-state index contributed by atoms with van der Waals surface area (Å²) in [6.45, 7) is 0. The number of hydrogen-bond donors (Lipinski definition) is 3. The number of pyridine rings is 1. The van der Waals surface area contributed by atoms with Gasteiger partial charge in [0.15, 0.2) is 11.5 Å². The zero-order valence-corrected chi connectivity index (χ0v) is 10.3. The molecule has 1 aromatic heterocycles. The molecule has 4 N–H and O–H groups in total. The Hall–Kier alpha value is -2.34. The van der Waals surface area contributed by atoms with E-state index in [4.69, 9.17) is 22.4 Å². The van der Waals surface area contributed by atoms with E-state index in [1.165, 1.54) is 30.3 Å². The molecular weight excluding hydrogens is 273 g/mol. The topological polar surface area (TPSA) is 88.2 Å². The lowest BCUT2D eigenvalue weighted by Crippen LogP contribution is -2.06. The molecule has 0 aliphatic heterocycles. The van der Waals surface area contributed by atoms with Crippen LogP contribution in [0.1, 0.15) is 10.5 Å². The summed E-state index contributed by atoms with van der Waals surface area (Å²) >= 11 is 5.75. The number of carbonyl (C=O) groups is 1. The Morgan fingerprint density at radius 2 is 2.11 bits per heavy atom. The van der Waals surface area contributed by atoms with Crippen molar-refractivity contribution in [1.82, 2.24) is 4.98 Å². The van der Waals surface area contributed by atoms with Gasteiger partial charge >= 0.3 is 5.97 Å². The average Bonchev–Trinajstić information content (AvgIpc) is 2.36. The second-order valence-corrected chi connectivity index (χ2v) is 4.13. The molecule has 0 saturated heterocycles. The smallest absolute Gasteiger partial charge is 0.354 e. The number of rotatable bonds is 3. The summed E-state index contributed by atoms with van der Waals surface area (Å²) < 4.78 is 13.5. The molecule has 0 fully saturated rings. The van der Waals surface area contributed by atoms with E-state index >= 15 is 0 Å². The van der Waals surface area contributed by atoms with E-state index in [2.05, 4.69) is 10.3 Å². The molecule has 0 aliphatic carbocycles. The fourth-order valence-corrected chi connectivity index (χ4v) is 1.58. The van der Waals surface area contributed by atoms with Crippen molar-refractivity contribution < 1.29 is 14.3 Å². The monoisotopic (exact) mass is 281 g/mol. The summed E-state index contributed by atoms with van der Waals surface area (Å²) in [5.41, 5.74) is 5.72. The molecule has 0 unspecified atom stereocenters. The number of nitrogens with two attached hydrogens (primary N) is 1. The van der Waals surface area contributed by atoms with Gasteiger partial charge in [-0.05, 0) is 30.3 Å². The van der Waals surface area contributed by atoms with Crippen LogP contribution in [0.4, 0.5) is 21.6 Å². The van der Waals surface area contributed by atoms with Crippen molar-refractivity contribution in [3.63, 3.8) is 0 Å². The molecule has 0 spiro atoms. The number of nitrogens with one attached hydrogen (secondary N) is 1. The third-order valence-electron chi connectivity index (χ3n) is 2.33. The van der Waals surface area contributed by atoms with Gasteiger partial charge in [-0.15, -0.1) is 0 Å². The van der Waals surface area contributed by atoms with Crippen LogP contribution in [0.15, 0.2) is 30.3 Å². The Bertz CT molecular complexity index is 649. The Morgan fingerprint density at radius 3 is 2.79 bits per heavy atom. The molecular formula is C12H9ClFN3O2. The van der Waals surface area contributed by atoms with Gasteiger partial charge in [0.1, 0.15) is 5.82 Å². The van der Waals surface area contributed by atoms with Gasteiger partial charge in [-0.1, -0.05) is 11.6 Å². The zero-order valence-electron chi connectivity index (χ0n) is 9.52. The maximum Gasteiger partial charge on any atom is 0.354 e. The van der Waals surface area contributed by atoms with Crippen LogP contribution < -0.4 is 11.1 Å². The lowest BCUT2D eigenvalue weighted by atomic mass is 10.2. The summed E-state index contributed by atoms with van der Waals surface area (Å²) in [6.07, 6.45) is 0. The number of carboxylic acid groups (broad SMARTS) is 1. The standard InChI is InChI=1S/C12H9ClFN3O2/c13-6-1-2-7(14)10(5-6)17-11-8(15)3-4-9(16-11)12(18)19/h1-5H,15H2,(H,16,17)(H,18,19). The molecule has 0 radical (unpaired) electrons. The zero-order chi connectivity index (χ0) is 14.0. The van der Waals surface area contributed by atoms with Crippen LogP contribution in [0.5, 0.6) is 0 Å². The van der Waals surface area contributed by atoms with Crippen LogP contribution in [-0.2, 0) is 0 Å². The Kier molecular flexibility index (Phi) is 3.52. The fourth-order valence-electron chi connectivity index (χ4n) is 1.41. The Morgan fingerprint density at radius 1 is 1.37 bits per heavy atom. The fraction of sp³-hybridized carbons (Fsp3) is 0. The van der Waals surface area contributed by atoms with Crippen LogP contribution in [0, 0.1) is 5.82 Å². The predicted molar refractivity (Wildman–Crippen MR) is 70.3 cm³/mol. The predicted octanol–water partition coefficient (Wildman–Crippen LogP) is 2.90. The molecule has 7 heteroatoms. The number of anilines is 3. The number of aromatic carboxylic acids is 1. The summed E-state index contributed by atoms with van der Waals surface area (Å²) in [7, 11) is 0. The number of aromatic nitrogens is 1. The maximum atomic E-state index is 13.5. The lowest BCUT2D eigenvalue weighted by Gasteiger charge is -2.10. The molecule has 0 bridgehead atoms. The molecule has 5 nitrogen and oxygen atoms in total. The van der Waals surface area contributed by atoms with Crippen LogP contribution in [0.25, 0.3) is 0 Å². The minimum atomic E-state index is -1.20. The molecule has 1 heterocycles. The molecule has 0 saturated carbocycles. The van der Waals surface area contributed by atoms with Crippen molar-refractivity contribution in [2.45, 2.75) is 0 Å². The summed E-state index contributed by atoms with van der Waals surface area (Å²) in [6, 6.07) is 6.57. The number of benzene rings is 1. The number of nitrogen functional groups attached to an aromatic ring is 1. The van der Waals surface area contributed by atoms with Gasteiger partial charge in [0.25, 0.3) is 0 Å². The second kappa shape index (κ2) is 5.11. The van der Waals surface area contributed by atoms with Crippen LogP contribution in [0.3, 0.4) is 0 Å². The highest BCUT2D eigenvalue weighted by Gasteiger charge is 2.11. The first-order chi connectivity index (χ1) is 8.97. The maximum absolute atomic E-state index is 13.5. The van der Waals surface area contributed by atoms with E-state index in [0.717, 1.165) is 0 Å². The van der Waals surface area contributed by atoms with Crippen molar-refractivity contribution >= 4 is 34.8 Å². The van der Waals surface area contributed by atoms with Crippen molar-refractivity contribution in [2.24, 2.45) is 0 Å². The van der Waals surface area contributed by atoms with Crippen LogP contribution >= 0.6 is 11.6 Å². The lowest BCUT2D eigenvalue weighted by molar-refractivity contribution is 0.0690. The first kappa shape index (κ1) is 13.1. The van der Waals surface area contributed by atoms with Crippen LogP contribution in [-0.4, -0.2) is 16.1 Å². The minimum absolute atomic E-state index is 0.0565. The number of halogens is 2. The van der Waals surface area contributed by atoms with E-state index in [9.17, 15) is 9.18 Å². The molecule has 2 aromatic rings. The SMILES string of the molecule is Nc1ccc(C(=O)O)nc1Nc1cc(Cl)ccc1F. The van der Waals surface area contributed by atoms with Crippen molar-refractivity contribution in [3.8, 4) is 0 Å². The third-order valence-corrected chi connectivity index (χ3v) is 2.56.